The van der Waals surface area contributed by atoms with E-state index in [4.69, 9.17) is 9.47 Å². The van der Waals surface area contributed by atoms with Gasteiger partial charge in [-0.1, -0.05) is 18.2 Å². The molecule has 1 aromatic carbocycles. The summed E-state index contributed by atoms with van der Waals surface area (Å²) in [6.45, 7) is 5.58. The molecule has 0 aliphatic heterocycles. The number of hydrogen-bond donors (Lipinski definition) is 0. The summed E-state index contributed by atoms with van der Waals surface area (Å²) in [4.78, 5) is 0. The molecule has 0 spiro atoms. The van der Waals surface area contributed by atoms with Crippen molar-refractivity contribution in [3.63, 3.8) is 0 Å². The minimum atomic E-state index is -3.55. The first-order valence-electron chi connectivity index (χ1n) is 13.3. The van der Waals surface area contributed by atoms with Gasteiger partial charge in [0.2, 0.25) is 11.6 Å². The Morgan fingerprint density at radius 3 is 2.09 bits per heavy atom. The predicted octanol–water partition coefficient (Wildman–Crippen LogP) is 9.25. The molecular formula is C29H40F4O2. The SMILES string of the molecule is C=CCCC1CCC(/C=C/CCC2CCC(C(F)(F)Oc3ccc(OCC)c(F)c3F)CC2)CC1. The molecule has 1 aromatic rings. The Labute approximate surface area is 207 Å². The Bertz CT molecular complexity index is 822. The zero-order valence-corrected chi connectivity index (χ0v) is 20.9. The summed E-state index contributed by atoms with van der Waals surface area (Å²) in [5, 5.41) is 0. The van der Waals surface area contributed by atoms with E-state index >= 15 is 0 Å². The summed E-state index contributed by atoms with van der Waals surface area (Å²) in [6, 6.07) is 2.12. The molecule has 2 aliphatic rings. The monoisotopic (exact) mass is 496 g/mol. The highest BCUT2D eigenvalue weighted by molar-refractivity contribution is 5.35. The molecule has 0 saturated heterocycles. The molecule has 0 aromatic heterocycles. The van der Waals surface area contributed by atoms with E-state index in [-0.39, 0.29) is 12.4 Å². The fraction of sp³-hybridized carbons (Fsp3) is 0.655. The van der Waals surface area contributed by atoms with Crippen LogP contribution in [0.4, 0.5) is 17.6 Å². The molecule has 0 heterocycles. The van der Waals surface area contributed by atoms with Gasteiger partial charge in [-0.25, -0.2) is 0 Å². The van der Waals surface area contributed by atoms with Gasteiger partial charge in [-0.05, 0) is 114 Å². The third kappa shape index (κ3) is 8.01. The van der Waals surface area contributed by atoms with E-state index in [1.807, 2.05) is 6.08 Å². The third-order valence-corrected chi connectivity index (χ3v) is 7.70. The quantitative estimate of drug-likeness (QED) is 0.212. The largest absolute Gasteiger partial charge is 0.491 e. The minimum absolute atomic E-state index is 0.142. The molecule has 2 nitrogen and oxygen atoms in total. The number of rotatable bonds is 12. The normalized spacial score (nSPS) is 25.5. The van der Waals surface area contributed by atoms with E-state index in [0.717, 1.165) is 37.3 Å². The highest BCUT2D eigenvalue weighted by atomic mass is 19.3. The van der Waals surface area contributed by atoms with Crippen molar-refractivity contribution in [2.75, 3.05) is 6.61 Å². The van der Waals surface area contributed by atoms with Crippen LogP contribution in [-0.2, 0) is 0 Å². The van der Waals surface area contributed by atoms with Crippen LogP contribution in [0.2, 0.25) is 0 Å². The van der Waals surface area contributed by atoms with Gasteiger partial charge < -0.3 is 9.47 Å². The fourth-order valence-electron chi connectivity index (χ4n) is 5.52. The Hall–Kier alpha value is -1.98. The molecule has 196 valence electrons. The van der Waals surface area contributed by atoms with E-state index in [1.54, 1.807) is 6.92 Å². The van der Waals surface area contributed by atoms with Crippen LogP contribution in [-0.4, -0.2) is 12.7 Å². The molecule has 2 saturated carbocycles. The summed E-state index contributed by atoms with van der Waals surface area (Å²) in [5.74, 6) is -2.90. The molecule has 35 heavy (non-hydrogen) atoms. The molecule has 3 rings (SSSR count). The predicted molar refractivity (Wildman–Crippen MR) is 132 cm³/mol. The lowest BCUT2D eigenvalue weighted by Gasteiger charge is -2.33. The summed E-state index contributed by atoms with van der Waals surface area (Å²) < 4.78 is 67.3. The first-order valence-corrected chi connectivity index (χ1v) is 13.3. The van der Waals surface area contributed by atoms with Gasteiger partial charge in [-0.2, -0.15) is 17.6 Å². The van der Waals surface area contributed by atoms with Gasteiger partial charge in [0.05, 0.1) is 12.5 Å². The smallest absolute Gasteiger partial charge is 0.400 e. The molecular weight excluding hydrogens is 456 g/mol. The second kappa shape index (κ2) is 13.4. The van der Waals surface area contributed by atoms with Gasteiger partial charge in [0.1, 0.15) is 0 Å². The van der Waals surface area contributed by atoms with Crippen molar-refractivity contribution in [1.29, 1.82) is 0 Å². The van der Waals surface area contributed by atoms with Crippen LogP contribution < -0.4 is 9.47 Å². The minimum Gasteiger partial charge on any atom is -0.491 e. The standard InChI is InChI=1S/C29H40F4O2/c1-3-5-8-21-11-13-22(14-12-21)9-6-7-10-23-15-17-24(18-16-23)29(32,33)35-26-20-19-25(34-4-2)27(30)28(26)31/h3,6,9,19-24H,1,4-5,7-8,10-18H2,2H3/b9-6+. The zero-order chi connectivity index (χ0) is 25.3. The molecule has 6 heteroatoms. The van der Waals surface area contributed by atoms with E-state index in [2.05, 4.69) is 18.7 Å². The Balaban J connectivity index is 1.39. The number of halogens is 4. The lowest BCUT2D eigenvalue weighted by molar-refractivity contribution is -0.224. The average molecular weight is 497 g/mol. The molecule has 0 unspecified atom stereocenters. The highest BCUT2D eigenvalue weighted by Gasteiger charge is 2.44. The van der Waals surface area contributed by atoms with Crippen LogP contribution in [0.15, 0.2) is 36.9 Å². The van der Waals surface area contributed by atoms with Gasteiger partial charge in [-0.15, -0.1) is 6.58 Å². The summed E-state index contributed by atoms with van der Waals surface area (Å²) in [5.41, 5.74) is 0. The lowest BCUT2D eigenvalue weighted by atomic mass is 9.78. The second-order valence-electron chi connectivity index (χ2n) is 10.2. The molecule has 0 radical (unpaired) electrons. The topological polar surface area (TPSA) is 18.5 Å². The van der Waals surface area contributed by atoms with Crippen molar-refractivity contribution in [3.8, 4) is 11.5 Å². The maximum Gasteiger partial charge on any atom is 0.400 e. The lowest BCUT2D eigenvalue weighted by Crippen LogP contribution is -2.37. The summed E-state index contributed by atoms with van der Waals surface area (Å²) >= 11 is 0. The number of ether oxygens (including phenoxy) is 2. The third-order valence-electron chi connectivity index (χ3n) is 7.70. The van der Waals surface area contributed by atoms with E-state index in [0.29, 0.717) is 37.5 Å². The van der Waals surface area contributed by atoms with Crippen LogP contribution >= 0.6 is 0 Å². The van der Waals surface area contributed by atoms with Crippen molar-refractivity contribution in [3.05, 3.63) is 48.6 Å². The second-order valence-corrected chi connectivity index (χ2v) is 10.2. The zero-order valence-electron chi connectivity index (χ0n) is 20.9. The van der Waals surface area contributed by atoms with Crippen LogP contribution in [0.1, 0.15) is 84.0 Å². The first-order chi connectivity index (χ1) is 16.8. The van der Waals surface area contributed by atoms with Gasteiger partial charge in [-0.3, -0.25) is 0 Å². The van der Waals surface area contributed by atoms with Gasteiger partial charge in [0.15, 0.2) is 11.5 Å². The van der Waals surface area contributed by atoms with Crippen LogP contribution in [0.3, 0.4) is 0 Å². The fourth-order valence-corrected chi connectivity index (χ4v) is 5.52. The van der Waals surface area contributed by atoms with Crippen LogP contribution in [0.5, 0.6) is 11.5 Å². The van der Waals surface area contributed by atoms with Crippen molar-refractivity contribution < 1.29 is 27.0 Å². The number of alkyl halides is 2. The van der Waals surface area contributed by atoms with Crippen molar-refractivity contribution in [2.24, 2.45) is 23.7 Å². The molecule has 0 atom stereocenters. The number of allylic oxidation sites excluding steroid dienone is 3. The maximum absolute atomic E-state index is 14.7. The van der Waals surface area contributed by atoms with Gasteiger partial charge in [0.25, 0.3) is 0 Å². The molecule has 0 N–H and O–H groups in total. The molecule has 2 aliphatic carbocycles. The molecule has 0 bridgehead atoms. The summed E-state index contributed by atoms with van der Waals surface area (Å²) in [6.07, 6.45) is 14.6. The average Bonchev–Trinajstić information content (AvgIpc) is 2.86. The Morgan fingerprint density at radius 2 is 1.46 bits per heavy atom. The van der Waals surface area contributed by atoms with Crippen molar-refractivity contribution in [2.45, 2.75) is 90.1 Å². The highest BCUT2D eigenvalue weighted by Crippen LogP contribution is 2.42. The number of hydrogen-bond acceptors (Lipinski definition) is 2. The Kier molecular flexibility index (Phi) is 10.5. The van der Waals surface area contributed by atoms with E-state index < -0.39 is 29.4 Å². The van der Waals surface area contributed by atoms with E-state index in [1.165, 1.54) is 32.1 Å². The van der Waals surface area contributed by atoms with Crippen LogP contribution in [0, 0.1) is 35.3 Å². The summed E-state index contributed by atoms with van der Waals surface area (Å²) in [7, 11) is 0. The van der Waals surface area contributed by atoms with Gasteiger partial charge >= 0.3 is 6.11 Å². The first kappa shape index (κ1) is 27.6. The van der Waals surface area contributed by atoms with Crippen LogP contribution in [0.25, 0.3) is 0 Å². The Morgan fingerprint density at radius 1 is 0.886 bits per heavy atom. The number of benzene rings is 1. The van der Waals surface area contributed by atoms with E-state index in [9.17, 15) is 17.6 Å². The molecule has 2 fully saturated rings. The molecule has 0 amide bonds. The van der Waals surface area contributed by atoms with Crippen molar-refractivity contribution in [1.82, 2.24) is 0 Å². The maximum atomic E-state index is 14.7. The van der Waals surface area contributed by atoms with Gasteiger partial charge in [0, 0.05) is 0 Å². The van der Waals surface area contributed by atoms with Crippen molar-refractivity contribution >= 4 is 0 Å².